The van der Waals surface area contributed by atoms with Crippen molar-refractivity contribution >= 4 is 0 Å². The molecule has 3 heteroatoms. The van der Waals surface area contributed by atoms with E-state index in [1.54, 1.807) is 13.0 Å². The summed E-state index contributed by atoms with van der Waals surface area (Å²) in [5.41, 5.74) is 2.54. The van der Waals surface area contributed by atoms with Gasteiger partial charge in [-0.05, 0) is 29.7 Å². The second-order valence-corrected chi connectivity index (χ2v) is 4.61. The molecule has 0 heterocycles. The Kier molecular flexibility index (Phi) is 4.66. The van der Waals surface area contributed by atoms with Crippen LogP contribution in [-0.4, -0.2) is 11.7 Å². The number of hydrogen-bond donors (Lipinski definition) is 2. The highest BCUT2D eigenvalue weighted by molar-refractivity contribution is 5.24. The minimum atomic E-state index is -0.195. The zero-order chi connectivity index (χ0) is 13.7. The van der Waals surface area contributed by atoms with E-state index in [0.717, 1.165) is 11.1 Å². The molecule has 100 valence electrons. The molecule has 0 aromatic heterocycles. The van der Waals surface area contributed by atoms with Gasteiger partial charge in [0.1, 0.15) is 5.82 Å². The summed E-state index contributed by atoms with van der Waals surface area (Å²) in [6.07, 6.45) is 0. The molecule has 0 unspecified atom stereocenters. The topological polar surface area (TPSA) is 32.3 Å². The van der Waals surface area contributed by atoms with Crippen LogP contribution in [0.5, 0.6) is 0 Å². The monoisotopic (exact) mass is 259 g/mol. The Morgan fingerprint density at radius 1 is 1.16 bits per heavy atom. The molecule has 0 spiro atoms. The van der Waals surface area contributed by atoms with Crippen LogP contribution in [0.2, 0.25) is 0 Å². The number of nitrogens with one attached hydrogen (secondary N) is 1. The summed E-state index contributed by atoms with van der Waals surface area (Å²) >= 11 is 0. The smallest absolute Gasteiger partial charge is 0.126 e. The molecule has 0 radical (unpaired) electrons. The Morgan fingerprint density at radius 3 is 2.53 bits per heavy atom. The first-order chi connectivity index (χ1) is 9.20. The standard InChI is InChI=1S/C16H18FNO/c1-12-7-8-13(9-15(12)17)10-18-16(11-19)14-5-3-2-4-6-14/h2-9,16,18-19H,10-11H2,1H3/t16-/m1/s1. The fourth-order valence-electron chi connectivity index (χ4n) is 1.96. The first-order valence-electron chi connectivity index (χ1n) is 6.35. The van der Waals surface area contributed by atoms with Crippen molar-refractivity contribution in [3.63, 3.8) is 0 Å². The highest BCUT2D eigenvalue weighted by atomic mass is 19.1. The van der Waals surface area contributed by atoms with Crippen molar-refractivity contribution in [1.29, 1.82) is 0 Å². The number of rotatable bonds is 5. The van der Waals surface area contributed by atoms with Crippen molar-refractivity contribution in [3.8, 4) is 0 Å². The van der Waals surface area contributed by atoms with Crippen molar-refractivity contribution in [2.24, 2.45) is 0 Å². The quantitative estimate of drug-likeness (QED) is 0.865. The molecule has 0 aliphatic heterocycles. The lowest BCUT2D eigenvalue weighted by molar-refractivity contribution is 0.243. The molecule has 2 aromatic rings. The lowest BCUT2D eigenvalue weighted by atomic mass is 10.1. The second kappa shape index (κ2) is 6.45. The third-order valence-electron chi connectivity index (χ3n) is 3.17. The van der Waals surface area contributed by atoms with Gasteiger partial charge in [0.05, 0.1) is 12.6 Å². The molecule has 2 aromatic carbocycles. The first-order valence-corrected chi connectivity index (χ1v) is 6.35. The zero-order valence-corrected chi connectivity index (χ0v) is 10.9. The maximum Gasteiger partial charge on any atom is 0.126 e. The van der Waals surface area contributed by atoms with Gasteiger partial charge in [-0.25, -0.2) is 4.39 Å². The van der Waals surface area contributed by atoms with Crippen molar-refractivity contribution in [2.45, 2.75) is 19.5 Å². The van der Waals surface area contributed by atoms with Gasteiger partial charge in [-0.15, -0.1) is 0 Å². The van der Waals surface area contributed by atoms with E-state index in [0.29, 0.717) is 12.1 Å². The molecule has 0 saturated heterocycles. The van der Waals surface area contributed by atoms with Crippen LogP contribution in [-0.2, 0) is 6.54 Å². The second-order valence-electron chi connectivity index (χ2n) is 4.61. The molecule has 0 aliphatic rings. The molecule has 2 nitrogen and oxygen atoms in total. The molecule has 2 N–H and O–H groups in total. The molecule has 2 rings (SSSR count). The molecule has 19 heavy (non-hydrogen) atoms. The van der Waals surface area contributed by atoms with E-state index in [-0.39, 0.29) is 18.5 Å². The number of aryl methyl sites for hydroxylation is 1. The van der Waals surface area contributed by atoms with Gasteiger partial charge in [0.25, 0.3) is 0 Å². The number of aliphatic hydroxyl groups excluding tert-OH is 1. The van der Waals surface area contributed by atoms with E-state index in [9.17, 15) is 9.50 Å². The van der Waals surface area contributed by atoms with E-state index in [4.69, 9.17) is 0 Å². The maximum atomic E-state index is 13.4. The third-order valence-corrected chi connectivity index (χ3v) is 3.17. The van der Waals surface area contributed by atoms with E-state index in [1.807, 2.05) is 36.4 Å². The normalized spacial score (nSPS) is 12.4. The van der Waals surface area contributed by atoms with Gasteiger partial charge >= 0.3 is 0 Å². The number of halogens is 1. The Labute approximate surface area is 112 Å². The van der Waals surface area contributed by atoms with Gasteiger partial charge in [0.2, 0.25) is 0 Å². The Hall–Kier alpha value is -1.71. The molecule has 0 aliphatic carbocycles. The summed E-state index contributed by atoms with van der Waals surface area (Å²) in [4.78, 5) is 0. The predicted octanol–water partition coefficient (Wildman–Crippen LogP) is 2.96. The van der Waals surface area contributed by atoms with Crippen LogP contribution >= 0.6 is 0 Å². The first kappa shape index (κ1) is 13.7. The number of aliphatic hydroxyl groups is 1. The van der Waals surface area contributed by atoms with Crippen LogP contribution in [0.25, 0.3) is 0 Å². The van der Waals surface area contributed by atoms with E-state index in [1.165, 1.54) is 6.07 Å². The highest BCUT2D eigenvalue weighted by Gasteiger charge is 2.09. The molecule has 0 amide bonds. The fourth-order valence-corrected chi connectivity index (χ4v) is 1.96. The van der Waals surface area contributed by atoms with Gasteiger partial charge in [-0.1, -0.05) is 42.5 Å². The molecule has 1 atom stereocenters. The minimum Gasteiger partial charge on any atom is -0.394 e. The fraction of sp³-hybridized carbons (Fsp3) is 0.250. The number of hydrogen-bond acceptors (Lipinski definition) is 2. The summed E-state index contributed by atoms with van der Waals surface area (Å²) in [7, 11) is 0. The number of benzene rings is 2. The van der Waals surface area contributed by atoms with Gasteiger partial charge in [0, 0.05) is 6.54 Å². The Bertz CT molecular complexity index is 528. The van der Waals surface area contributed by atoms with Crippen LogP contribution in [0.4, 0.5) is 4.39 Å². The van der Waals surface area contributed by atoms with E-state index >= 15 is 0 Å². The largest absolute Gasteiger partial charge is 0.394 e. The Morgan fingerprint density at radius 2 is 1.89 bits per heavy atom. The van der Waals surface area contributed by atoms with Crippen LogP contribution < -0.4 is 5.32 Å². The van der Waals surface area contributed by atoms with Crippen molar-refractivity contribution in [3.05, 3.63) is 71.0 Å². The van der Waals surface area contributed by atoms with E-state index < -0.39 is 0 Å². The van der Waals surface area contributed by atoms with Crippen molar-refractivity contribution in [2.75, 3.05) is 6.61 Å². The minimum absolute atomic E-state index is 0.0123. The zero-order valence-electron chi connectivity index (χ0n) is 10.9. The SMILES string of the molecule is Cc1ccc(CN[C@H](CO)c2ccccc2)cc1F. The molecular weight excluding hydrogens is 241 g/mol. The van der Waals surface area contributed by atoms with Gasteiger partial charge in [0.15, 0.2) is 0 Å². The predicted molar refractivity (Wildman–Crippen MR) is 74.2 cm³/mol. The molecule has 0 fully saturated rings. The van der Waals surface area contributed by atoms with Gasteiger partial charge < -0.3 is 10.4 Å². The Balaban J connectivity index is 2.02. The van der Waals surface area contributed by atoms with Crippen LogP contribution in [0.3, 0.4) is 0 Å². The average molecular weight is 259 g/mol. The van der Waals surface area contributed by atoms with Crippen molar-refractivity contribution < 1.29 is 9.50 Å². The van der Waals surface area contributed by atoms with Gasteiger partial charge in [-0.3, -0.25) is 0 Å². The third kappa shape index (κ3) is 3.63. The molecular formula is C16H18FNO. The summed E-state index contributed by atoms with van der Waals surface area (Å²) in [6.45, 7) is 2.28. The summed E-state index contributed by atoms with van der Waals surface area (Å²) < 4.78 is 13.4. The summed E-state index contributed by atoms with van der Waals surface area (Å²) in [5, 5.41) is 12.7. The lowest BCUT2D eigenvalue weighted by Gasteiger charge is -2.17. The summed E-state index contributed by atoms with van der Waals surface area (Å²) in [6, 6.07) is 14.8. The summed E-state index contributed by atoms with van der Waals surface area (Å²) in [5.74, 6) is -0.195. The van der Waals surface area contributed by atoms with Crippen molar-refractivity contribution in [1.82, 2.24) is 5.32 Å². The average Bonchev–Trinajstić information content (AvgIpc) is 2.44. The van der Waals surface area contributed by atoms with Crippen LogP contribution in [0.15, 0.2) is 48.5 Å². The van der Waals surface area contributed by atoms with Crippen LogP contribution in [0, 0.1) is 12.7 Å². The lowest BCUT2D eigenvalue weighted by Crippen LogP contribution is -2.24. The molecule has 0 bridgehead atoms. The highest BCUT2D eigenvalue weighted by Crippen LogP contribution is 2.14. The maximum absolute atomic E-state index is 13.4. The van der Waals surface area contributed by atoms with Crippen LogP contribution in [0.1, 0.15) is 22.7 Å². The molecule has 0 saturated carbocycles. The van der Waals surface area contributed by atoms with Gasteiger partial charge in [-0.2, -0.15) is 0 Å². The van der Waals surface area contributed by atoms with E-state index in [2.05, 4.69) is 5.32 Å².